The highest BCUT2D eigenvalue weighted by atomic mass is 35.7. The fourth-order valence-electron chi connectivity index (χ4n) is 2.18. The minimum atomic E-state index is -2.83. The summed E-state index contributed by atoms with van der Waals surface area (Å²) in [6.07, 6.45) is 0.422. The van der Waals surface area contributed by atoms with Crippen molar-refractivity contribution in [3.05, 3.63) is 35.9 Å². The van der Waals surface area contributed by atoms with Crippen molar-refractivity contribution in [1.82, 2.24) is 4.67 Å². The average molecular weight is 274 g/mol. The van der Waals surface area contributed by atoms with E-state index in [1.54, 1.807) is 0 Å². The highest BCUT2D eigenvalue weighted by molar-refractivity contribution is 7.86. The highest BCUT2D eigenvalue weighted by Gasteiger charge is 2.32. The van der Waals surface area contributed by atoms with Gasteiger partial charge in [-0.3, -0.25) is 4.57 Å². The first kappa shape index (κ1) is 14.8. The SMILES string of the molecule is CC(C)N(C(C)C)P(=O)(Cl)Cc1ccccc1. The third-order valence-corrected chi connectivity index (χ3v) is 5.87. The molecule has 1 rings (SSSR count). The number of hydrogen-bond donors (Lipinski definition) is 0. The Bertz CT molecular complexity index is 384. The van der Waals surface area contributed by atoms with Crippen LogP contribution in [0.15, 0.2) is 30.3 Å². The second-order valence-corrected chi connectivity index (χ2v) is 8.42. The lowest BCUT2D eigenvalue weighted by atomic mass is 10.2. The predicted octanol–water partition coefficient (Wildman–Crippen LogP) is 4.74. The molecule has 0 aliphatic carbocycles. The zero-order chi connectivity index (χ0) is 13.1. The molecule has 1 atom stereocenters. The Morgan fingerprint density at radius 2 is 1.59 bits per heavy atom. The van der Waals surface area contributed by atoms with Crippen molar-refractivity contribution in [1.29, 1.82) is 0 Å². The summed E-state index contributed by atoms with van der Waals surface area (Å²) in [5.41, 5.74) is 1.03. The fourth-order valence-corrected chi connectivity index (χ4v) is 5.84. The second-order valence-electron chi connectivity index (χ2n) is 4.83. The van der Waals surface area contributed by atoms with Gasteiger partial charge < -0.3 is 0 Å². The molecule has 0 aromatic heterocycles. The Morgan fingerprint density at radius 3 is 2.00 bits per heavy atom. The summed E-state index contributed by atoms with van der Waals surface area (Å²) in [5, 5.41) is 0. The average Bonchev–Trinajstić information content (AvgIpc) is 2.15. The van der Waals surface area contributed by atoms with E-state index < -0.39 is 6.65 Å². The van der Waals surface area contributed by atoms with Crippen LogP contribution in [0.1, 0.15) is 33.3 Å². The standard InChI is InChI=1S/C13H21ClNOP/c1-11(2)15(12(3)4)17(14,16)10-13-8-6-5-7-9-13/h5-9,11-12H,10H2,1-4H3. The predicted molar refractivity (Wildman–Crippen MR) is 75.7 cm³/mol. The van der Waals surface area contributed by atoms with Crippen LogP contribution in [0.5, 0.6) is 0 Å². The number of rotatable bonds is 5. The van der Waals surface area contributed by atoms with Crippen molar-refractivity contribution < 1.29 is 4.57 Å². The maximum absolute atomic E-state index is 12.7. The molecule has 0 saturated carbocycles. The quantitative estimate of drug-likeness (QED) is 0.723. The zero-order valence-corrected chi connectivity index (χ0v) is 12.6. The lowest BCUT2D eigenvalue weighted by molar-refractivity contribution is 0.305. The van der Waals surface area contributed by atoms with Gasteiger partial charge in [-0.05, 0) is 44.5 Å². The molecule has 0 amide bonds. The fraction of sp³-hybridized carbons (Fsp3) is 0.538. The van der Waals surface area contributed by atoms with Gasteiger partial charge in [0.25, 0.3) is 0 Å². The monoisotopic (exact) mass is 273 g/mol. The lowest BCUT2D eigenvalue weighted by Crippen LogP contribution is -2.33. The number of nitrogens with zero attached hydrogens (tertiary/aromatic N) is 1. The summed E-state index contributed by atoms with van der Waals surface area (Å²) >= 11 is 6.31. The largest absolute Gasteiger partial charge is 0.289 e. The van der Waals surface area contributed by atoms with E-state index in [0.717, 1.165) is 5.56 Å². The first-order valence-corrected chi connectivity index (χ1v) is 8.71. The molecule has 0 bridgehead atoms. The minimum Gasteiger partial charge on any atom is -0.289 e. The van der Waals surface area contributed by atoms with Crippen LogP contribution in [-0.2, 0) is 10.7 Å². The molecular weight excluding hydrogens is 253 g/mol. The summed E-state index contributed by atoms with van der Waals surface area (Å²) in [6, 6.07) is 10.1. The molecular formula is C13H21ClNOP. The van der Waals surface area contributed by atoms with E-state index in [0.29, 0.717) is 6.16 Å². The van der Waals surface area contributed by atoms with Crippen LogP contribution >= 0.6 is 17.9 Å². The molecule has 0 heterocycles. The Balaban J connectivity index is 2.90. The van der Waals surface area contributed by atoms with Crippen LogP contribution in [0.4, 0.5) is 0 Å². The third-order valence-electron chi connectivity index (χ3n) is 2.62. The van der Waals surface area contributed by atoms with Crippen LogP contribution in [-0.4, -0.2) is 16.8 Å². The van der Waals surface area contributed by atoms with Crippen molar-refractivity contribution in [2.75, 3.05) is 0 Å². The maximum atomic E-state index is 12.7. The van der Waals surface area contributed by atoms with Gasteiger partial charge in [0.1, 0.15) is 0 Å². The summed E-state index contributed by atoms with van der Waals surface area (Å²) in [7, 11) is 0. The van der Waals surface area contributed by atoms with E-state index in [-0.39, 0.29) is 12.1 Å². The topological polar surface area (TPSA) is 20.3 Å². The Kier molecular flexibility index (Phi) is 5.24. The van der Waals surface area contributed by atoms with Crippen LogP contribution in [0.25, 0.3) is 0 Å². The van der Waals surface area contributed by atoms with Crippen LogP contribution in [0.3, 0.4) is 0 Å². The van der Waals surface area contributed by atoms with Gasteiger partial charge in [0, 0.05) is 12.1 Å². The van der Waals surface area contributed by atoms with Crippen LogP contribution in [0, 0.1) is 0 Å². The number of halogens is 1. The van der Waals surface area contributed by atoms with E-state index in [1.165, 1.54) is 0 Å². The summed E-state index contributed by atoms with van der Waals surface area (Å²) < 4.78 is 14.6. The zero-order valence-electron chi connectivity index (χ0n) is 10.9. The molecule has 0 N–H and O–H groups in total. The van der Waals surface area contributed by atoms with Gasteiger partial charge in [0.05, 0.1) is 6.16 Å². The minimum absolute atomic E-state index is 0.182. The molecule has 0 radical (unpaired) electrons. The Hall–Kier alpha value is -0.300. The molecule has 2 nitrogen and oxygen atoms in total. The Labute approximate surface area is 109 Å². The van der Waals surface area contributed by atoms with Crippen LogP contribution < -0.4 is 0 Å². The maximum Gasteiger partial charge on any atom is 0.239 e. The van der Waals surface area contributed by atoms with Crippen molar-refractivity contribution in [3.8, 4) is 0 Å². The lowest BCUT2D eigenvalue weighted by Gasteiger charge is -2.34. The van der Waals surface area contributed by atoms with Gasteiger partial charge in [-0.1, -0.05) is 30.3 Å². The van der Waals surface area contributed by atoms with Gasteiger partial charge in [-0.25, -0.2) is 4.67 Å². The van der Waals surface area contributed by atoms with Crippen molar-refractivity contribution in [3.63, 3.8) is 0 Å². The molecule has 1 aromatic carbocycles. The molecule has 1 unspecified atom stereocenters. The van der Waals surface area contributed by atoms with Gasteiger partial charge in [0.15, 0.2) is 0 Å². The van der Waals surface area contributed by atoms with E-state index >= 15 is 0 Å². The first-order chi connectivity index (χ1) is 7.84. The summed E-state index contributed by atoms with van der Waals surface area (Å²) in [4.78, 5) is 0. The Morgan fingerprint density at radius 1 is 1.12 bits per heavy atom. The van der Waals surface area contributed by atoms with E-state index in [1.807, 2.05) is 62.7 Å². The smallest absolute Gasteiger partial charge is 0.239 e. The second kappa shape index (κ2) is 6.04. The molecule has 0 fully saturated rings. The normalized spacial score (nSPS) is 15.5. The molecule has 4 heteroatoms. The molecule has 96 valence electrons. The highest BCUT2D eigenvalue weighted by Crippen LogP contribution is 2.59. The molecule has 0 spiro atoms. The first-order valence-electron chi connectivity index (χ1n) is 5.96. The number of benzene rings is 1. The molecule has 0 aliphatic rings. The number of hydrogen-bond acceptors (Lipinski definition) is 1. The third kappa shape index (κ3) is 4.13. The summed E-state index contributed by atoms with van der Waals surface area (Å²) in [5.74, 6) is 0. The van der Waals surface area contributed by atoms with Crippen LogP contribution in [0.2, 0.25) is 0 Å². The van der Waals surface area contributed by atoms with Gasteiger partial charge in [-0.2, -0.15) is 0 Å². The molecule has 0 saturated heterocycles. The van der Waals surface area contributed by atoms with E-state index in [2.05, 4.69) is 0 Å². The van der Waals surface area contributed by atoms with Crippen molar-refractivity contribution in [2.24, 2.45) is 0 Å². The molecule has 0 aliphatic heterocycles. The van der Waals surface area contributed by atoms with E-state index in [4.69, 9.17) is 11.2 Å². The van der Waals surface area contributed by atoms with Crippen molar-refractivity contribution in [2.45, 2.75) is 45.9 Å². The van der Waals surface area contributed by atoms with Gasteiger partial charge >= 0.3 is 0 Å². The molecule has 1 aromatic rings. The van der Waals surface area contributed by atoms with Crippen molar-refractivity contribution >= 4 is 17.9 Å². The van der Waals surface area contributed by atoms with E-state index in [9.17, 15) is 4.57 Å². The molecule has 17 heavy (non-hydrogen) atoms. The summed E-state index contributed by atoms with van der Waals surface area (Å²) in [6.45, 7) is 5.28. The van der Waals surface area contributed by atoms with Gasteiger partial charge in [0.2, 0.25) is 6.65 Å². The van der Waals surface area contributed by atoms with Gasteiger partial charge in [-0.15, -0.1) is 0 Å².